The second kappa shape index (κ2) is 9.37. The van der Waals surface area contributed by atoms with E-state index in [-0.39, 0.29) is 17.6 Å². The smallest absolute Gasteiger partial charge is 0.291 e. The summed E-state index contributed by atoms with van der Waals surface area (Å²) in [4.78, 5) is 27.0. The molecule has 27 heavy (non-hydrogen) atoms. The van der Waals surface area contributed by atoms with E-state index >= 15 is 0 Å². The molecule has 2 aromatic rings. The van der Waals surface area contributed by atoms with Crippen LogP contribution in [0.1, 0.15) is 52.2 Å². The van der Waals surface area contributed by atoms with E-state index in [9.17, 15) is 9.59 Å². The molecule has 6 nitrogen and oxygen atoms in total. The SMILES string of the molecule is Cc1ccc(C(=O)NCCCN2CCCCC2)cc1NC(=O)c1ccco1. The molecular formula is C21H27N3O3. The van der Waals surface area contributed by atoms with Crippen LogP contribution in [-0.2, 0) is 0 Å². The molecule has 3 rings (SSSR count). The molecule has 0 spiro atoms. The number of likely N-dealkylation sites (tertiary alicyclic amines) is 1. The summed E-state index contributed by atoms with van der Waals surface area (Å²) >= 11 is 0. The van der Waals surface area contributed by atoms with Gasteiger partial charge in [0.1, 0.15) is 0 Å². The zero-order chi connectivity index (χ0) is 19.1. The fourth-order valence-corrected chi connectivity index (χ4v) is 3.28. The summed E-state index contributed by atoms with van der Waals surface area (Å²) in [5.74, 6) is -0.216. The predicted octanol–water partition coefficient (Wildman–Crippen LogP) is 3.45. The van der Waals surface area contributed by atoms with Gasteiger partial charge in [-0.05, 0) is 75.6 Å². The van der Waals surface area contributed by atoms with Crippen LogP contribution in [0.4, 0.5) is 5.69 Å². The Morgan fingerprint density at radius 3 is 2.67 bits per heavy atom. The van der Waals surface area contributed by atoms with E-state index in [4.69, 9.17) is 4.42 Å². The monoisotopic (exact) mass is 369 g/mol. The van der Waals surface area contributed by atoms with Crippen molar-refractivity contribution in [3.8, 4) is 0 Å². The molecule has 0 aliphatic carbocycles. The van der Waals surface area contributed by atoms with Crippen LogP contribution in [0.2, 0.25) is 0 Å². The van der Waals surface area contributed by atoms with Crippen molar-refractivity contribution in [3.05, 3.63) is 53.5 Å². The number of rotatable bonds is 7. The van der Waals surface area contributed by atoms with Gasteiger partial charge < -0.3 is 20.0 Å². The Balaban J connectivity index is 1.51. The molecule has 1 fully saturated rings. The van der Waals surface area contributed by atoms with E-state index < -0.39 is 0 Å². The van der Waals surface area contributed by atoms with E-state index in [2.05, 4.69) is 15.5 Å². The molecule has 0 unspecified atom stereocenters. The first kappa shape index (κ1) is 19.2. The molecule has 1 saturated heterocycles. The van der Waals surface area contributed by atoms with E-state index in [1.807, 2.05) is 13.0 Å². The molecule has 0 radical (unpaired) electrons. The minimum atomic E-state index is -0.331. The number of nitrogens with one attached hydrogen (secondary N) is 2. The zero-order valence-electron chi connectivity index (χ0n) is 15.8. The highest BCUT2D eigenvalue weighted by Crippen LogP contribution is 2.18. The zero-order valence-corrected chi connectivity index (χ0v) is 15.8. The average Bonchev–Trinajstić information content (AvgIpc) is 3.22. The van der Waals surface area contributed by atoms with Gasteiger partial charge in [0.2, 0.25) is 0 Å². The number of benzene rings is 1. The van der Waals surface area contributed by atoms with Crippen molar-refractivity contribution in [2.24, 2.45) is 0 Å². The predicted molar refractivity (Wildman–Crippen MR) is 105 cm³/mol. The number of aryl methyl sites for hydroxylation is 1. The van der Waals surface area contributed by atoms with Crippen molar-refractivity contribution in [2.75, 3.05) is 31.5 Å². The lowest BCUT2D eigenvalue weighted by Crippen LogP contribution is -2.33. The molecule has 1 aliphatic heterocycles. The average molecular weight is 369 g/mol. The molecule has 2 N–H and O–H groups in total. The summed E-state index contributed by atoms with van der Waals surface area (Å²) in [6, 6.07) is 8.58. The lowest BCUT2D eigenvalue weighted by atomic mass is 10.1. The van der Waals surface area contributed by atoms with E-state index in [1.54, 1.807) is 24.3 Å². The van der Waals surface area contributed by atoms with Crippen LogP contribution in [0.5, 0.6) is 0 Å². The van der Waals surface area contributed by atoms with Crippen LogP contribution in [0.25, 0.3) is 0 Å². The fourth-order valence-electron chi connectivity index (χ4n) is 3.28. The first-order valence-electron chi connectivity index (χ1n) is 9.59. The first-order chi connectivity index (χ1) is 13.1. The van der Waals surface area contributed by atoms with Crippen molar-refractivity contribution < 1.29 is 14.0 Å². The third-order valence-electron chi connectivity index (χ3n) is 4.88. The summed E-state index contributed by atoms with van der Waals surface area (Å²) in [5, 5.41) is 5.77. The maximum Gasteiger partial charge on any atom is 0.291 e. The number of anilines is 1. The molecule has 2 amide bonds. The van der Waals surface area contributed by atoms with Crippen LogP contribution < -0.4 is 10.6 Å². The van der Waals surface area contributed by atoms with Crippen molar-refractivity contribution in [3.63, 3.8) is 0 Å². The van der Waals surface area contributed by atoms with Gasteiger partial charge in [0.15, 0.2) is 5.76 Å². The van der Waals surface area contributed by atoms with Gasteiger partial charge in [-0.15, -0.1) is 0 Å². The lowest BCUT2D eigenvalue weighted by Gasteiger charge is -2.26. The van der Waals surface area contributed by atoms with Gasteiger partial charge in [0.05, 0.1) is 6.26 Å². The van der Waals surface area contributed by atoms with Gasteiger partial charge in [-0.3, -0.25) is 9.59 Å². The summed E-state index contributed by atoms with van der Waals surface area (Å²) in [5.41, 5.74) is 2.03. The van der Waals surface area contributed by atoms with Crippen LogP contribution in [0, 0.1) is 6.92 Å². The second-order valence-corrected chi connectivity index (χ2v) is 6.97. The van der Waals surface area contributed by atoms with Crippen LogP contribution >= 0.6 is 0 Å². The summed E-state index contributed by atoms with van der Waals surface area (Å²) in [6.07, 6.45) is 6.29. The van der Waals surface area contributed by atoms with E-state index in [0.717, 1.165) is 18.5 Å². The molecular weight excluding hydrogens is 342 g/mol. The fraction of sp³-hybridized carbons (Fsp3) is 0.429. The maximum atomic E-state index is 12.4. The Kier molecular flexibility index (Phi) is 6.65. The van der Waals surface area contributed by atoms with Crippen LogP contribution in [-0.4, -0.2) is 42.9 Å². The van der Waals surface area contributed by atoms with Gasteiger partial charge in [-0.1, -0.05) is 12.5 Å². The Morgan fingerprint density at radius 1 is 1.11 bits per heavy atom. The number of hydrogen-bond donors (Lipinski definition) is 2. The minimum absolute atomic E-state index is 0.123. The molecule has 1 aromatic carbocycles. The van der Waals surface area contributed by atoms with Crippen molar-refractivity contribution >= 4 is 17.5 Å². The number of carbonyl (C=O) groups is 2. The van der Waals surface area contributed by atoms with Gasteiger partial charge >= 0.3 is 0 Å². The number of piperidine rings is 1. The summed E-state index contributed by atoms with van der Waals surface area (Å²) in [6.45, 7) is 5.91. The standard InChI is InChI=1S/C21H27N3O3/c1-16-8-9-17(15-18(16)23-21(26)19-7-5-14-27-19)20(25)22-10-6-13-24-11-3-2-4-12-24/h5,7-9,14-15H,2-4,6,10-13H2,1H3,(H,22,25)(H,23,26). The highest BCUT2D eigenvalue weighted by Gasteiger charge is 2.13. The Labute approximate surface area is 159 Å². The topological polar surface area (TPSA) is 74.6 Å². The third kappa shape index (κ3) is 5.44. The molecule has 0 bridgehead atoms. The van der Waals surface area contributed by atoms with Gasteiger partial charge in [0, 0.05) is 17.8 Å². The highest BCUT2D eigenvalue weighted by molar-refractivity contribution is 6.03. The van der Waals surface area contributed by atoms with Gasteiger partial charge in [0.25, 0.3) is 11.8 Å². The number of hydrogen-bond acceptors (Lipinski definition) is 4. The van der Waals surface area contributed by atoms with Crippen LogP contribution in [0.3, 0.4) is 0 Å². The van der Waals surface area contributed by atoms with Gasteiger partial charge in [-0.2, -0.15) is 0 Å². The molecule has 0 atom stereocenters. The maximum absolute atomic E-state index is 12.4. The quantitative estimate of drug-likeness (QED) is 0.733. The summed E-state index contributed by atoms with van der Waals surface area (Å²) in [7, 11) is 0. The third-order valence-corrected chi connectivity index (χ3v) is 4.88. The van der Waals surface area contributed by atoms with Crippen molar-refractivity contribution in [1.82, 2.24) is 10.2 Å². The molecule has 6 heteroatoms. The molecule has 0 saturated carbocycles. The Hall–Kier alpha value is -2.60. The number of carbonyl (C=O) groups excluding carboxylic acids is 2. The summed E-state index contributed by atoms with van der Waals surface area (Å²) < 4.78 is 5.11. The van der Waals surface area contributed by atoms with E-state index in [1.165, 1.54) is 38.6 Å². The molecule has 2 heterocycles. The number of nitrogens with zero attached hydrogens (tertiary/aromatic N) is 1. The Morgan fingerprint density at radius 2 is 1.93 bits per heavy atom. The molecule has 1 aliphatic rings. The normalized spacial score (nSPS) is 14.7. The van der Waals surface area contributed by atoms with Crippen molar-refractivity contribution in [1.29, 1.82) is 0 Å². The Bertz CT molecular complexity index is 765. The van der Waals surface area contributed by atoms with Gasteiger partial charge in [-0.25, -0.2) is 0 Å². The second-order valence-electron chi connectivity index (χ2n) is 6.97. The molecule has 144 valence electrons. The highest BCUT2D eigenvalue weighted by atomic mass is 16.3. The number of amides is 2. The molecule has 1 aromatic heterocycles. The first-order valence-corrected chi connectivity index (χ1v) is 9.59. The number of furan rings is 1. The van der Waals surface area contributed by atoms with E-state index in [0.29, 0.717) is 17.8 Å². The largest absolute Gasteiger partial charge is 0.459 e. The minimum Gasteiger partial charge on any atom is -0.459 e. The lowest BCUT2D eigenvalue weighted by molar-refractivity contribution is 0.0949. The van der Waals surface area contributed by atoms with Crippen molar-refractivity contribution in [2.45, 2.75) is 32.6 Å². The van der Waals surface area contributed by atoms with Crippen LogP contribution in [0.15, 0.2) is 41.0 Å².